The fourth-order valence-corrected chi connectivity index (χ4v) is 12.4. The lowest BCUT2D eigenvalue weighted by molar-refractivity contribution is -0.121. The Balaban J connectivity index is 0.00000121. The van der Waals surface area contributed by atoms with Crippen LogP contribution in [0.5, 0.6) is 0 Å². The third kappa shape index (κ3) is 7.29. The van der Waals surface area contributed by atoms with E-state index in [0.717, 1.165) is 71.0 Å². The Bertz CT molecular complexity index is 822. The molecule has 5 rings (SSSR count). The van der Waals surface area contributed by atoms with Gasteiger partial charge >= 0.3 is 0 Å². The molecular formula is C43H82. The molecule has 5 fully saturated rings. The zero-order valence-corrected chi connectivity index (χ0v) is 32.3. The third-order valence-electron chi connectivity index (χ3n) is 16.6. The molecule has 0 nitrogen and oxygen atoms in total. The number of hydrogen-bond donors (Lipinski definition) is 0. The molecule has 0 heteroatoms. The summed E-state index contributed by atoms with van der Waals surface area (Å²) in [5.74, 6) is 11.6. The average Bonchev–Trinajstić information content (AvgIpc) is 3.33. The van der Waals surface area contributed by atoms with Gasteiger partial charge in [0.05, 0.1) is 0 Å². The lowest BCUT2D eigenvalue weighted by Crippen LogP contribution is -2.53. The minimum Gasteiger partial charge on any atom is -0.0683 e. The molecule has 0 aromatic carbocycles. The van der Waals surface area contributed by atoms with Crippen LogP contribution in [0, 0.1) is 87.3 Å². The summed E-state index contributed by atoms with van der Waals surface area (Å²) in [6.07, 6.45) is 21.6. The van der Waals surface area contributed by atoms with Crippen molar-refractivity contribution in [1.82, 2.24) is 0 Å². The molecule has 254 valence electrons. The molecule has 13 unspecified atom stereocenters. The molecule has 0 radical (unpaired) electrons. The van der Waals surface area contributed by atoms with Crippen molar-refractivity contribution in [1.29, 1.82) is 0 Å². The van der Waals surface area contributed by atoms with E-state index in [1.165, 1.54) is 25.7 Å². The van der Waals surface area contributed by atoms with Gasteiger partial charge in [-0.15, -0.1) is 0 Å². The minimum absolute atomic E-state index is 0.515. The highest BCUT2D eigenvalue weighted by atomic mass is 14.6. The van der Waals surface area contributed by atoms with Crippen LogP contribution in [0.15, 0.2) is 0 Å². The Morgan fingerprint density at radius 3 is 1.98 bits per heavy atom. The summed E-state index contributed by atoms with van der Waals surface area (Å²) in [6, 6.07) is 0. The SMILES string of the molecule is CC.CC.CC(C)C(C)CCCC1CCC2C3CCC4CC(CC5CC(C)C(C)(C)C(C)C5C)CCC4(C)C3CCC12C. The maximum Gasteiger partial charge on any atom is -0.0266 e. The van der Waals surface area contributed by atoms with Crippen molar-refractivity contribution in [2.24, 2.45) is 87.3 Å². The Morgan fingerprint density at radius 2 is 1.33 bits per heavy atom. The second-order valence-electron chi connectivity index (χ2n) is 18.4. The first kappa shape index (κ1) is 37.5. The molecular weight excluding hydrogens is 516 g/mol. The van der Waals surface area contributed by atoms with Crippen molar-refractivity contribution in [2.45, 2.75) is 187 Å². The first-order valence-corrected chi connectivity index (χ1v) is 20.3. The van der Waals surface area contributed by atoms with Crippen molar-refractivity contribution >= 4 is 0 Å². The molecule has 0 bridgehead atoms. The Hall–Kier alpha value is 0. The Labute approximate surface area is 273 Å². The maximum absolute atomic E-state index is 2.81. The predicted molar refractivity (Wildman–Crippen MR) is 193 cm³/mol. The molecule has 0 N–H and O–H groups in total. The van der Waals surface area contributed by atoms with Gasteiger partial charge < -0.3 is 0 Å². The van der Waals surface area contributed by atoms with Crippen LogP contribution in [0.3, 0.4) is 0 Å². The van der Waals surface area contributed by atoms with Crippen molar-refractivity contribution in [3.8, 4) is 0 Å². The van der Waals surface area contributed by atoms with Crippen molar-refractivity contribution < 1.29 is 0 Å². The molecule has 0 amide bonds. The molecule has 0 aromatic heterocycles. The lowest BCUT2D eigenvalue weighted by atomic mass is 9.44. The zero-order valence-electron chi connectivity index (χ0n) is 32.3. The second-order valence-corrected chi connectivity index (χ2v) is 18.4. The molecule has 5 saturated carbocycles. The van der Waals surface area contributed by atoms with Gasteiger partial charge in [-0.05, 0) is 164 Å². The van der Waals surface area contributed by atoms with Crippen LogP contribution in [-0.4, -0.2) is 0 Å². The van der Waals surface area contributed by atoms with Crippen LogP contribution in [0.4, 0.5) is 0 Å². The van der Waals surface area contributed by atoms with E-state index in [1.807, 2.05) is 27.7 Å². The summed E-state index contributed by atoms with van der Waals surface area (Å²) in [5, 5.41) is 0. The van der Waals surface area contributed by atoms with E-state index in [9.17, 15) is 0 Å². The van der Waals surface area contributed by atoms with Gasteiger partial charge in [-0.1, -0.05) is 110 Å². The lowest BCUT2D eigenvalue weighted by Gasteiger charge is -2.61. The molecule has 0 aliphatic heterocycles. The number of hydrogen-bond acceptors (Lipinski definition) is 0. The molecule has 5 aliphatic rings. The van der Waals surface area contributed by atoms with E-state index in [4.69, 9.17) is 0 Å². The first-order chi connectivity index (χ1) is 20.3. The van der Waals surface area contributed by atoms with E-state index in [2.05, 4.69) is 69.2 Å². The number of fused-ring (bicyclic) bond motifs is 5. The fourth-order valence-electron chi connectivity index (χ4n) is 12.4. The van der Waals surface area contributed by atoms with Gasteiger partial charge in [-0.2, -0.15) is 0 Å². The fraction of sp³-hybridized carbons (Fsp3) is 1.00. The van der Waals surface area contributed by atoms with E-state index in [-0.39, 0.29) is 0 Å². The van der Waals surface area contributed by atoms with Gasteiger partial charge in [0.15, 0.2) is 0 Å². The van der Waals surface area contributed by atoms with Crippen LogP contribution in [0.1, 0.15) is 187 Å². The topological polar surface area (TPSA) is 0 Å². The third-order valence-corrected chi connectivity index (χ3v) is 16.6. The monoisotopic (exact) mass is 599 g/mol. The van der Waals surface area contributed by atoms with Gasteiger partial charge in [0.2, 0.25) is 0 Å². The van der Waals surface area contributed by atoms with Crippen LogP contribution in [0.2, 0.25) is 0 Å². The molecule has 0 spiro atoms. The van der Waals surface area contributed by atoms with E-state index in [0.29, 0.717) is 16.2 Å². The smallest absolute Gasteiger partial charge is 0.0266 e. The van der Waals surface area contributed by atoms with E-state index >= 15 is 0 Å². The van der Waals surface area contributed by atoms with Gasteiger partial charge in [0.1, 0.15) is 0 Å². The van der Waals surface area contributed by atoms with Gasteiger partial charge in [0.25, 0.3) is 0 Å². The Kier molecular flexibility index (Phi) is 13.3. The molecule has 5 aliphatic carbocycles. The van der Waals surface area contributed by atoms with Crippen LogP contribution in [-0.2, 0) is 0 Å². The summed E-state index contributed by atoms with van der Waals surface area (Å²) >= 11 is 0. The van der Waals surface area contributed by atoms with Gasteiger partial charge in [0, 0.05) is 0 Å². The standard InChI is InChI=1S/C39H70.2C2H6/c1-25(2)26(3)12-11-13-32-15-17-35-34-16-14-33-24-30(18-20-39(33,10)36(34)19-21-38(32,35)9)23-31-22-27(4)37(7,8)29(6)28(31)5;2*1-2/h25-36H,11-24H2,1-10H3;2*1-2H3. The normalized spacial score (nSPS) is 45.8. The van der Waals surface area contributed by atoms with Crippen molar-refractivity contribution in [3.63, 3.8) is 0 Å². The highest BCUT2D eigenvalue weighted by Crippen LogP contribution is 2.68. The molecule has 43 heavy (non-hydrogen) atoms. The maximum atomic E-state index is 2.81. The molecule has 0 aromatic rings. The van der Waals surface area contributed by atoms with Crippen molar-refractivity contribution in [3.05, 3.63) is 0 Å². The summed E-state index contributed by atoms with van der Waals surface area (Å²) in [4.78, 5) is 0. The highest BCUT2D eigenvalue weighted by molar-refractivity contribution is 5.09. The largest absolute Gasteiger partial charge is 0.0683 e. The molecule has 13 atom stereocenters. The van der Waals surface area contributed by atoms with Crippen LogP contribution >= 0.6 is 0 Å². The summed E-state index contributed by atoms with van der Waals surface area (Å²) in [5.41, 5.74) is 1.84. The first-order valence-electron chi connectivity index (χ1n) is 20.3. The van der Waals surface area contributed by atoms with Gasteiger partial charge in [-0.3, -0.25) is 0 Å². The Morgan fingerprint density at radius 1 is 0.698 bits per heavy atom. The predicted octanol–water partition coefficient (Wildman–Crippen LogP) is 14.1. The summed E-state index contributed by atoms with van der Waals surface area (Å²) in [6.45, 7) is 33.8. The molecule has 0 saturated heterocycles. The summed E-state index contributed by atoms with van der Waals surface area (Å²) < 4.78 is 0. The van der Waals surface area contributed by atoms with Crippen molar-refractivity contribution in [2.75, 3.05) is 0 Å². The number of rotatable bonds is 7. The highest BCUT2D eigenvalue weighted by Gasteiger charge is 2.60. The van der Waals surface area contributed by atoms with Crippen LogP contribution in [0.25, 0.3) is 0 Å². The zero-order chi connectivity index (χ0) is 32.3. The quantitative estimate of drug-likeness (QED) is 0.273. The average molecular weight is 599 g/mol. The minimum atomic E-state index is 0.515. The van der Waals surface area contributed by atoms with E-state index in [1.54, 1.807) is 64.2 Å². The molecule has 0 heterocycles. The second kappa shape index (κ2) is 15.3. The summed E-state index contributed by atoms with van der Waals surface area (Å²) in [7, 11) is 0. The van der Waals surface area contributed by atoms with E-state index < -0.39 is 0 Å². The van der Waals surface area contributed by atoms with Gasteiger partial charge in [-0.25, -0.2) is 0 Å². The van der Waals surface area contributed by atoms with Crippen LogP contribution < -0.4 is 0 Å².